The molecule has 0 N–H and O–H groups in total. The summed E-state index contributed by atoms with van der Waals surface area (Å²) in [6, 6.07) is 7.50. The summed E-state index contributed by atoms with van der Waals surface area (Å²) in [5.74, 6) is 0. The summed E-state index contributed by atoms with van der Waals surface area (Å²) in [5, 5.41) is 5.06. The van der Waals surface area contributed by atoms with Crippen molar-refractivity contribution in [3.63, 3.8) is 0 Å². The van der Waals surface area contributed by atoms with Crippen molar-refractivity contribution in [1.29, 1.82) is 0 Å². The lowest BCUT2D eigenvalue weighted by Gasteiger charge is -2.18. The van der Waals surface area contributed by atoms with Gasteiger partial charge in [0.05, 0.1) is 17.9 Å². The molecule has 1 aromatic heterocycles. The molecule has 0 spiro atoms. The first kappa shape index (κ1) is 18.0. The zero-order valence-electron chi connectivity index (χ0n) is 13.9. The Labute approximate surface area is 142 Å². The fraction of sp³-hybridized carbons (Fsp3) is 0.438. The van der Waals surface area contributed by atoms with Crippen molar-refractivity contribution >= 4 is 21.6 Å². The van der Waals surface area contributed by atoms with E-state index in [1.54, 1.807) is 18.5 Å². The number of halogens is 1. The maximum Gasteiger partial charge on any atom is 0.246 e. The molecule has 1 aromatic carbocycles. The van der Waals surface area contributed by atoms with E-state index in [9.17, 15) is 8.42 Å². The first-order valence-electron chi connectivity index (χ1n) is 7.60. The Morgan fingerprint density at radius 1 is 1.17 bits per heavy atom. The third-order valence-corrected chi connectivity index (χ3v) is 6.57. The molecule has 0 saturated carbocycles. The van der Waals surface area contributed by atoms with Crippen molar-refractivity contribution in [2.75, 3.05) is 13.1 Å². The van der Waals surface area contributed by atoms with E-state index in [0.29, 0.717) is 40.9 Å². The quantitative estimate of drug-likeness (QED) is 0.799. The van der Waals surface area contributed by atoms with Crippen LogP contribution in [0.5, 0.6) is 0 Å². The highest BCUT2D eigenvalue weighted by atomic mass is 35.5. The normalized spacial score (nSPS) is 12.1. The van der Waals surface area contributed by atoms with Crippen molar-refractivity contribution in [2.45, 2.75) is 39.1 Å². The number of aryl methyl sites for hydroxylation is 1. The highest BCUT2D eigenvalue weighted by Gasteiger charge is 2.29. The SMILES string of the molecule is CCN(CC)S(=O)(=O)c1c(C)nn(Cc2ccccc2Cl)c1C. The number of hydrogen-bond donors (Lipinski definition) is 0. The van der Waals surface area contributed by atoms with Gasteiger partial charge in [0.1, 0.15) is 4.90 Å². The topological polar surface area (TPSA) is 55.2 Å². The zero-order chi connectivity index (χ0) is 17.2. The second kappa shape index (κ2) is 7.03. The van der Waals surface area contributed by atoms with E-state index in [-0.39, 0.29) is 0 Å². The monoisotopic (exact) mass is 355 g/mol. The molecule has 0 aliphatic heterocycles. The van der Waals surface area contributed by atoms with Crippen molar-refractivity contribution in [3.05, 3.63) is 46.2 Å². The van der Waals surface area contributed by atoms with E-state index >= 15 is 0 Å². The zero-order valence-corrected chi connectivity index (χ0v) is 15.4. The summed E-state index contributed by atoms with van der Waals surface area (Å²) < 4.78 is 28.8. The third kappa shape index (κ3) is 3.44. The predicted molar refractivity (Wildman–Crippen MR) is 92.4 cm³/mol. The Morgan fingerprint density at radius 3 is 2.35 bits per heavy atom. The van der Waals surface area contributed by atoms with Crippen LogP contribution in [0.4, 0.5) is 0 Å². The largest absolute Gasteiger partial charge is 0.264 e. The molecule has 2 aromatic rings. The number of nitrogens with zero attached hydrogens (tertiary/aromatic N) is 3. The van der Waals surface area contributed by atoms with Crippen LogP contribution in [0, 0.1) is 13.8 Å². The molecule has 126 valence electrons. The van der Waals surface area contributed by atoms with Gasteiger partial charge in [0, 0.05) is 18.1 Å². The molecule has 2 rings (SSSR count). The minimum absolute atomic E-state index is 0.299. The molecular formula is C16H22ClN3O2S. The van der Waals surface area contributed by atoms with Gasteiger partial charge in [-0.2, -0.15) is 9.40 Å². The van der Waals surface area contributed by atoms with Gasteiger partial charge < -0.3 is 0 Å². The van der Waals surface area contributed by atoms with Crippen molar-refractivity contribution in [2.24, 2.45) is 0 Å². The molecule has 0 radical (unpaired) electrons. The summed E-state index contributed by atoms with van der Waals surface area (Å²) in [7, 11) is -3.53. The van der Waals surface area contributed by atoms with Gasteiger partial charge >= 0.3 is 0 Å². The van der Waals surface area contributed by atoms with Crippen LogP contribution >= 0.6 is 11.6 Å². The Morgan fingerprint density at radius 2 is 1.78 bits per heavy atom. The molecule has 0 atom stereocenters. The summed E-state index contributed by atoms with van der Waals surface area (Å²) >= 11 is 6.19. The number of aromatic nitrogens is 2. The van der Waals surface area contributed by atoms with Gasteiger partial charge in [0.2, 0.25) is 10.0 Å². The maximum absolute atomic E-state index is 12.8. The minimum atomic E-state index is -3.53. The van der Waals surface area contributed by atoms with Gasteiger partial charge in [-0.1, -0.05) is 43.6 Å². The Hall–Kier alpha value is -1.37. The summed E-state index contributed by atoms with van der Waals surface area (Å²) in [4.78, 5) is 0.299. The molecule has 0 unspecified atom stereocenters. The lowest BCUT2D eigenvalue weighted by atomic mass is 10.2. The molecule has 0 aliphatic rings. The summed E-state index contributed by atoms with van der Waals surface area (Å²) in [5.41, 5.74) is 2.06. The van der Waals surface area contributed by atoms with Gasteiger partial charge in [-0.05, 0) is 25.5 Å². The molecule has 0 saturated heterocycles. The van der Waals surface area contributed by atoms with Gasteiger partial charge in [-0.25, -0.2) is 8.42 Å². The van der Waals surface area contributed by atoms with Gasteiger partial charge in [0.15, 0.2) is 0 Å². The second-order valence-electron chi connectivity index (χ2n) is 5.34. The van der Waals surface area contributed by atoms with Crippen LogP contribution in [-0.4, -0.2) is 35.6 Å². The molecule has 0 amide bonds. The Bertz CT molecular complexity index is 796. The van der Waals surface area contributed by atoms with Gasteiger partial charge in [0.25, 0.3) is 0 Å². The number of sulfonamides is 1. The highest BCUT2D eigenvalue weighted by Crippen LogP contribution is 2.25. The average molecular weight is 356 g/mol. The highest BCUT2D eigenvalue weighted by molar-refractivity contribution is 7.89. The Kier molecular flexibility index (Phi) is 5.49. The van der Waals surface area contributed by atoms with Crippen molar-refractivity contribution in [3.8, 4) is 0 Å². The minimum Gasteiger partial charge on any atom is -0.264 e. The van der Waals surface area contributed by atoms with E-state index in [0.717, 1.165) is 5.56 Å². The third-order valence-electron chi connectivity index (χ3n) is 3.90. The van der Waals surface area contributed by atoms with Crippen LogP contribution in [0.15, 0.2) is 29.2 Å². The molecule has 23 heavy (non-hydrogen) atoms. The van der Waals surface area contributed by atoms with E-state index in [1.165, 1.54) is 4.31 Å². The molecule has 0 bridgehead atoms. The molecule has 7 heteroatoms. The lowest BCUT2D eigenvalue weighted by molar-refractivity contribution is 0.444. The van der Waals surface area contributed by atoms with Gasteiger partial charge in [-0.15, -0.1) is 0 Å². The van der Waals surface area contributed by atoms with Crippen molar-refractivity contribution in [1.82, 2.24) is 14.1 Å². The van der Waals surface area contributed by atoms with Crippen molar-refractivity contribution < 1.29 is 8.42 Å². The van der Waals surface area contributed by atoms with Crippen LogP contribution in [-0.2, 0) is 16.6 Å². The van der Waals surface area contributed by atoms with Crippen LogP contribution < -0.4 is 0 Å². The molecular weight excluding hydrogens is 334 g/mol. The van der Waals surface area contributed by atoms with Gasteiger partial charge in [-0.3, -0.25) is 4.68 Å². The second-order valence-corrected chi connectivity index (χ2v) is 7.62. The number of benzene rings is 1. The van der Waals surface area contributed by atoms with Crippen LogP contribution in [0.25, 0.3) is 0 Å². The molecule has 1 heterocycles. The van der Waals surface area contributed by atoms with E-state index in [1.807, 2.05) is 38.1 Å². The lowest BCUT2D eigenvalue weighted by Crippen LogP contribution is -2.31. The Balaban J connectivity index is 2.47. The molecule has 5 nitrogen and oxygen atoms in total. The van der Waals surface area contributed by atoms with Crippen LogP contribution in [0.3, 0.4) is 0 Å². The predicted octanol–water partition coefficient (Wildman–Crippen LogP) is 3.23. The molecule has 0 fully saturated rings. The average Bonchev–Trinajstić information content (AvgIpc) is 2.77. The maximum atomic E-state index is 12.8. The first-order chi connectivity index (χ1) is 10.8. The first-order valence-corrected chi connectivity index (χ1v) is 9.42. The number of rotatable bonds is 6. The van der Waals surface area contributed by atoms with Crippen LogP contribution in [0.2, 0.25) is 5.02 Å². The summed E-state index contributed by atoms with van der Waals surface area (Å²) in [6.45, 7) is 8.50. The van der Waals surface area contributed by atoms with E-state index in [4.69, 9.17) is 11.6 Å². The molecule has 0 aliphatic carbocycles. The van der Waals surface area contributed by atoms with E-state index in [2.05, 4.69) is 5.10 Å². The van der Waals surface area contributed by atoms with Crippen LogP contribution in [0.1, 0.15) is 30.8 Å². The number of hydrogen-bond acceptors (Lipinski definition) is 3. The summed E-state index contributed by atoms with van der Waals surface area (Å²) in [6.07, 6.45) is 0. The fourth-order valence-electron chi connectivity index (χ4n) is 2.69. The fourth-order valence-corrected chi connectivity index (χ4v) is 4.71. The standard InChI is InChI=1S/C16H22ClN3O2S/c1-5-19(6-2)23(21,22)16-12(3)18-20(13(16)4)11-14-9-7-8-10-15(14)17/h7-10H,5-6,11H2,1-4H3. The smallest absolute Gasteiger partial charge is 0.246 e. The van der Waals surface area contributed by atoms with E-state index < -0.39 is 10.0 Å².